The molecule has 0 aliphatic heterocycles. The number of urea groups is 1. The van der Waals surface area contributed by atoms with Crippen LogP contribution in [0.4, 0.5) is 10.5 Å². The molecule has 0 spiro atoms. The van der Waals surface area contributed by atoms with Crippen molar-refractivity contribution >= 4 is 43.9 Å². The van der Waals surface area contributed by atoms with Crippen molar-refractivity contribution in [2.75, 3.05) is 5.32 Å². The minimum absolute atomic E-state index is 0.0642. The van der Waals surface area contributed by atoms with E-state index in [4.69, 9.17) is 5.73 Å². The zero-order valence-corrected chi connectivity index (χ0v) is 24.3. The predicted molar refractivity (Wildman–Crippen MR) is 152 cm³/mol. The summed E-state index contributed by atoms with van der Waals surface area (Å²) in [5.41, 5.74) is 7.67. The highest BCUT2D eigenvalue weighted by Gasteiger charge is 2.32. The lowest BCUT2D eigenvalue weighted by atomic mass is 10.0. The molecule has 1 atom stereocenters. The molecule has 0 fully saturated rings. The number of nitrogens with one attached hydrogen (secondary N) is 2. The van der Waals surface area contributed by atoms with Gasteiger partial charge in [0.2, 0.25) is 15.9 Å². The average Bonchev–Trinajstić information content (AvgIpc) is 3.39. The van der Waals surface area contributed by atoms with Crippen LogP contribution < -0.4 is 20.3 Å². The standard InChI is InChI=1S/C27H32N6O5S2/c1-17(2)30-40(37,38)23-11-7-20(8-12-23)29-26(36)33(16-21-15-31(4)27-32(21)14-18(3)39-27)24(25(28)35)13-19-5-9-22(34)10-6-19/h5-12,14-15,17,24,30H,13,16H2,1-4H3,(H3-,28,29,34,35,36)/p+1/t24-/m0/s1. The number of phenolic OH excluding ortho intramolecular Hbond substituents is 1. The summed E-state index contributed by atoms with van der Waals surface area (Å²) >= 11 is 1.60. The van der Waals surface area contributed by atoms with E-state index in [0.717, 1.165) is 15.5 Å². The largest absolute Gasteiger partial charge is 0.508 e. The van der Waals surface area contributed by atoms with Crippen molar-refractivity contribution in [3.8, 4) is 5.75 Å². The van der Waals surface area contributed by atoms with Gasteiger partial charge in [-0.2, -0.15) is 4.40 Å². The molecule has 0 unspecified atom stereocenters. The molecule has 2 heterocycles. The number of fused-ring (bicyclic) bond motifs is 1. The lowest BCUT2D eigenvalue weighted by molar-refractivity contribution is -0.642. The van der Waals surface area contributed by atoms with Crippen LogP contribution in [0.5, 0.6) is 5.75 Å². The van der Waals surface area contributed by atoms with Gasteiger partial charge in [0.05, 0.1) is 18.5 Å². The summed E-state index contributed by atoms with van der Waals surface area (Å²) in [5, 5.41) is 12.4. The topological polar surface area (TPSA) is 150 Å². The number of thiazole rings is 1. The highest BCUT2D eigenvalue weighted by Crippen LogP contribution is 2.22. The molecular formula is C27H33N6O5S2+. The van der Waals surface area contributed by atoms with E-state index >= 15 is 0 Å². The van der Waals surface area contributed by atoms with Crippen LogP contribution in [0.2, 0.25) is 0 Å². The van der Waals surface area contributed by atoms with E-state index < -0.39 is 28.0 Å². The Labute approximate surface area is 236 Å². The van der Waals surface area contributed by atoms with Crippen molar-refractivity contribution in [1.82, 2.24) is 14.0 Å². The number of imidazole rings is 1. The van der Waals surface area contributed by atoms with Gasteiger partial charge in [0.25, 0.3) is 0 Å². The molecule has 13 heteroatoms. The average molecular weight is 586 g/mol. The zero-order chi connectivity index (χ0) is 29.2. The van der Waals surface area contributed by atoms with Crippen LogP contribution in [0.15, 0.2) is 65.8 Å². The maximum Gasteiger partial charge on any atom is 0.345 e. The SMILES string of the molecule is Cc1cn2c(CN(C(=O)Nc3ccc(S(=O)(=O)NC(C)C)cc3)[C@@H](Cc3ccc(O)cc3)C(N)=O)c[n+](C)c2s1. The second-order valence-electron chi connectivity index (χ2n) is 9.87. The molecular weight excluding hydrogens is 552 g/mol. The summed E-state index contributed by atoms with van der Waals surface area (Å²) in [6.07, 6.45) is 3.99. The minimum atomic E-state index is -3.70. The highest BCUT2D eigenvalue weighted by atomic mass is 32.2. The minimum Gasteiger partial charge on any atom is -0.508 e. The molecule has 3 amide bonds. The van der Waals surface area contributed by atoms with E-state index in [1.807, 2.05) is 35.3 Å². The molecule has 2 aromatic heterocycles. The highest BCUT2D eigenvalue weighted by molar-refractivity contribution is 7.89. The number of aromatic hydroxyl groups is 1. The summed E-state index contributed by atoms with van der Waals surface area (Å²) in [4.78, 5) is 29.9. The normalized spacial score (nSPS) is 12.5. The zero-order valence-electron chi connectivity index (χ0n) is 22.7. The third-order valence-corrected chi connectivity index (χ3v) is 8.96. The number of benzene rings is 2. The summed E-state index contributed by atoms with van der Waals surface area (Å²) in [5.74, 6) is -0.609. The first-order chi connectivity index (χ1) is 18.8. The van der Waals surface area contributed by atoms with Crippen LogP contribution in [0.25, 0.3) is 4.96 Å². The number of nitrogens with two attached hydrogens (primary N) is 1. The van der Waals surface area contributed by atoms with Crippen molar-refractivity contribution in [3.05, 3.63) is 77.1 Å². The van der Waals surface area contributed by atoms with Crippen molar-refractivity contribution in [3.63, 3.8) is 0 Å². The Balaban J connectivity index is 1.66. The van der Waals surface area contributed by atoms with Gasteiger partial charge in [0.1, 0.15) is 24.2 Å². The molecule has 212 valence electrons. The molecule has 0 saturated carbocycles. The number of anilines is 1. The Hall–Kier alpha value is -3.94. The van der Waals surface area contributed by atoms with Crippen molar-refractivity contribution in [2.24, 2.45) is 12.8 Å². The second kappa shape index (κ2) is 11.7. The molecule has 11 nitrogen and oxygen atoms in total. The van der Waals surface area contributed by atoms with Gasteiger partial charge in [-0.25, -0.2) is 22.5 Å². The number of rotatable bonds is 10. The first-order valence-corrected chi connectivity index (χ1v) is 14.9. The Kier molecular flexibility index (Phi) is 8.47. The van der Waals surface area contributed by atoms with Crippen LogP contribution in [-0.4, -0.2) is 46.8 Å². The molecule has 5 N–H and O–H groups in total. The number of primary amides is 1. The van der Waals surface area contributed by atoms with Gasteiger partial charge in [0, 0.05) is 23.0 Å². The van der Waals surface area contributed by atoms with Gasteiger partial charge in [-0.3, -0.25) is 4.79 Å². The van der Waals surface area contributed by atoms with E-state index in [0.29, 0.717) is 11.3 Å². The van der Waals surface area contributed by atoms with Crippen LogP contribution >= 0.6 is 11.3 Å². The quantitative estimate of drug-likeness (QED) is 0.211. The molecule has 40 heavy (non-hydrogen) atoms. The number of aryl methyl sites for hydroxylation is 2. The van der Waals surface area contributed by atoms with Crippen LogP contribution in [0.1, 0.15) is 30.0 Å². The third kappa shape index (κ3) is 6.61. The van der Waals surface area contributed by atoms with E-state index in [1.165, 1.54) is 41.3 Å². The Morgan fingerprint density at radius 2 is 1.77 bits per heavy atom. The Morgan fingerprint density at radius 1 is 1.12 bits per heavy atom. The van der Waals surface area contributed by atoms with Gasteiger partial charge in [-0.1, -0.05) is 23.5 Å². The fourth-order valence-corrected chi connectivity index (χ4v) is 6.53. The van der Waals surface area contributed by atoms with E-state index in [-0.39, 0.29) is 29.7 Å². The van der Waals surface area contributed by atoms with Gasteiger partial charge in [-0.05, 0) is 62.7 Å². The summed E-state index contributed by atoms with van der Waals surface area (Å²) in [7, 11) is -1.79. The molecule has 0 bridgehead atoms. The predicted octanol–water partition coefficient (Wildman–Crippen LogP) is 2.66. The molecule has 4 aromatic rings. The monoisotopic (exact) mass is 585 g/mol. The summed E-state index contributed by atoms with van der Waals surface area (Å²) in [6, 6.07) is 10.3. The number of phenols is 1. The number of aromatic nitrogens is 2. The van der Waals surface area contributed by atoms with E-state index in [9.17, 15) is 23.1 Å². The second-order valence-corrected chi connectivity index (χ2v) is 12.8. The number of carbonyl (C=O) groups is 2. The van der Waals surface area contributed by atoms with Gasteiger partial charge >= 0.3 is 11.0 Å². The summed E-state index contributed by atoms with van der Waals surface area (Å²) < 4.78 is 31.4. The van der Waals surface area contributed by atoms with Crippen molar-refractivity contribution in [2.45, 2.75) is 50.7 Å². The van der Waals surface area contributed by atoms with Crippen LogP contribution in [0, 0.1) is 6.92 Å². The molecule has 4 rings (SSSR count). The maximum atomic E-state index is 13.7. The lowest BCUT2D eigenvalue weighted by Crippen LogP contribution is -2.50. The fourth-order valence-electron chi connectivity index (χ4n) is 4.37. The fraction of sp³-hybridized carbons (Fsp3) is 0.296. The number of sulfonamides is 1. The van der Waals surface area contributed by atoms with Gasteiger partial charge < -0.3 is 21.1 Å². The van der Waals surface area contributed by atoms with E-state index in [2.05, 4.69) is 10.0 Å². The van der Waals surface area contributed by atoms with Gasteiger partial charge in [0.15, 0.2) is 5.69 Å². The lowest BCUT2D eigenvalue weighted by Gasteiger charge is -2.29. The Bertz CT molecular complexity index is 1630. The van der Waals surface area contributed by atoms with Gasteiger partial charge in [-0.15, -0.1) is 0 Å². The third-order valence-electron chi connectivity index (χ3n) is 6.19. The first-order valence-electron chi connectivity index (χ1n) is 12.6. The maximum absolute atomic E-state index is 13.7. The van der Waals surface area contributed by atoms with E-state index in [1.54, 1.807) is 37.3 Å². The Morgan fingerprint density at radius 3 is 2.38 bits per heavy atom. The first kappa shape index (κ1) is 29.1. The molecule has 0 aliphatic rings. The number of carbonyl (C=O) groups excluding carboxylic acids is 2. The van der Waals surface area contributed by atoms with Crippen LogP contribution in [-0.2, 0) is 34.8 Å². The van der Waals surface area contributed by atoms with Crippen LogP contribution in [0.3, 0.4) is 0 Å². The van der Waals surface area contributed by atoms with Crippen molar-refractivity contribution in [1.29, 1.82) is 0 Å². The number of nitrogens with zero attached hydrogens (tertiary/aromatic N) is 3. The molecule has 0 aliphatic carbocycles. The number of hydrogen-bond donors (Lipinski definition) is 4. The number of amides is 3. The number of hydrogen-bond acceptors (Lipinski definition) is 6. The smallest absolute Gasteiger partial charge is 0.345 e. The molecule has 0 radical (unpaired) electrons. The molecule has 0 saturated heterocycles. The van der Waals surface area contributed by atoms with Crippen molar-refractivity contribution < 1.29 is 27.7 Å². The molecule has 2 aromatic carbocycles. The summed E-state index contributed by atoms with van der Waals surface area (Å²) in [6.45, 7) is 5.51.